The second kappa shape index (κ2) is 12.5. The van der Waals surface area contributed by atoms with E-state index in [0.717, 1.165) is 38.4 Å². The number of aliphatic hydroxyl groups excluding tert-OH is 1. The van der Waals surface area contributed by atoms with E-state index in [1.54, 1.807) is 17.4 Å². The number of thiophene rings is 1. The molecule has 2 aromatic carbocycles. The lowest BCUT2D eigenvalue weighted by atomic mass is 10.1. The van der Waals surface area contributed by atoms with Gasteiger partial charge in [-0.15, -0.1) is 11.3 Å². The molecular weight excluding hydrogens is 560 g/mol. The van der Waals surface area contributed by atoms with Crippen LogP contribution in [0, 0.1) is 17.6 Å². The number of anilines is 3. The number of fused-ring (bicyclic) bond motifs is 1. The highest BCUT2D eigenvalue weighted by atomic mass is 32.1. The van der Waals surface area contributed by atoms with Crippen LogP contribution in [-0.2, 0) is 13.1 Å². The van der Waals surface area contributed by atoms with Crippen molar-refractivity contribution in [2.24, 2.45) is 5.92 Å². The first-order chi connectivity index (χ1) is 20.2. The second-order valence-corrected chi connectivity index (χ2v) is 11.2. The SMILES string of the molecule is CC(C)C(O)Nc1cnc(NCc2ccc(-c3ccc4ncnc(N)c4c3)s2)c(C(=O)NCc2ccc(F)c(F)c2)c1. The Balaban J connectivity index is 1.34. The standard InChI is InChI=1S/C30H29F2N7O2S/c1-16(2)29(40)39-19-11-22(30(41)36-12-17-3-6-23(31)24(32)9-17)28(34-13-19)35-14-20-5-8-26(42-20)18-4-7-25-21(10-18)27(33)38-15-37-25/h3-11,13,15-16,29,39-40H,12,14H2,1-2H3,(H,34,35)(H,36,41)(H2,33,37,38). The number of benzene rings is 2. The van der Waals surface area contributed by atoms with Crippen molar-refractivity contribution < 1.29 is 18.7 Å². The Hall–Kier alpha value is -4.68. The molecule has 0 saturated heterocycles. The molecular formula is C30H29F2N7O2S. The minimum absolute atomic E-state index is 0.0165. The molecule has 5 rings (SSSR count). The predicted molar refractivity (Wildman–Crippen MR) is 161 cm³/mol. The normalized spacial score (nSPS) is 12.0. The van der Waals surface area contributed by atoms with Gasteiger partial charge in [0.2, 0.25) is 0 Å². The average molecular weight is 590 g/mol. The zero-order valence-electron chi connectivity index (χ0n) is 22.9. The lowest BCUT2D eigenvalue weighted by molar-refractivity contribution is 0.0951. The maximum atomic E-state index is 13.6. The first kappa shape index (κ1) is 28.8. The van der Waals surface area contributed by atoms with Gasteiger partial charge in [0.15, 0.2) is 11.6 Å². The Kier molecular flexibility index (Phi) is 8.55. The highest BCUT2D eigenvalue weighted by molar-refractivity contribution is 7.15. The summed E-state index contributed by atoms with van der Waals surface area (Å²) in [6.45, 7) is 4.08. The first-order valence-corrected chi connectivity index (χ1v) is 14.0. The number of hydrogen-bond donors (Lipinski definition) is 5. The number of halogens is 2. The van der Waals surface area contributed by atoms with Crippen molar-refractivity contribution in [1.82, 2.24) is 20.3 Å². The number of aliphatic hydroxyl groups is 1. The number of rotatable bonds is 10. The largest absolute Gasteiger partial charge is 0.383 e. The Morgan fingerprint density at radius 2 is 1.83 bits per heavy atom. The van der Waals surface area contributed by atoms with Crippen LogP contribution in [0.4, 0.5) is 26.1 Å². The quantitative estimate of drug-likeness (QED) is 0.134. The van der Waals surface area contributed by atoms with E-state index in [1.807, 2.05) is 44.2 Å². The third-order valence-corrected chi connectivity index (χ3v) is 7.69. The summed E-state index contributed by atoms with van der Waals surface area (Å²) in [5.41, 5.74) is 8.86. The number of nitrogens with zero attached hydrogens (tertiary/aromatic N) is 3. The summed E-state index contributed by atoms with van der Waals surface area (Å²) in [5, 5.41) is 20.0. The summed E-state index contributed by atoms with van der Waals surface area (Å²) in [7, 11) is 0. The lowest BCUT2D eigenvalue weighted by Crippen LogP contribution is -2.27. The van der Waals surface area contributed by atoms with E-state index in [0.29, 0.717) is 29.4 Å². The van der Waals surface area contributed by atoms with Crippen LogP contribution in [0.3, 0.4) is 0 Å². The van der Waals surface area contributed by atoms with Crippen LogP contribution in [0.5, 0.6) is 0 Å². The van der Waals surface area contributed by atoms with Crippen molar-refractivity contribution in [3.8, 4) is 10.4 Å². The van der Waals surface area contributed by atoms with E-state index in [2.05, 4.69) is 30.9 Å². The number of pyridine rings is 1. The average Bonchev–Trinajstić information content (AvgIpc) is 3.46. The number of nitrogen functional groups attached to an aromatic ring is 1. The molecule has 6 N–H and O–H groups in total. The fraction of sp³-hybridized carbons (Fsp3) is 0.200. The molecule has 1 unspecified atom stereocenters. The van der Waals surface area contributed by atoms with Gasteiger partial charge in [-0.25, -0.2) is 23.7 Å². The zero-order valence-corrected chi connectivity index (χ0v) is 23.7. The molecule has 0 fully saturated rings. The lowest BCUT2D eigenvalue weighted by Gasteiger charge is -2.19. The number of nitrogens with two attached hydrogens (primary N) is 1. The summed E-state index contributed by atoms with van der Waals surface area (Å²) < 4.78 is 26.9. The van der Waals surface area contributed by atoms with E-state index in [1.165, 1.54) is 18.6 Å². The summed E-state index contributed by atoms with van der Waals surface area (Å²) in [6, 6.07) is 14.9. The number of hydrogen-bond acceptors (Lipinski definition) is 9. The van der Waals surface area contributed by atoms with Crippen molar-refractivity contribution in [3.05, 3.63) is 94.8 Å². The molecule has 42 heavy (non-hydrogen) atoms. The maximum absolute atomic E-state index is 13.6. The molecule has 0 spiro atoms. The molecule has 0 aliphatic heterocycles. The van der Waals surface area contributed by atoms with E-state index < -0.39 is 23.8 Å². The highest BCUT2D eigenvalue weighted by Gasteiger charge is 2.17. The van der Waals surface area contributed by atoms with Crippen LogP contribution in [0.1, 0.15) is 34.6 Å². The zero-order chi connectivity index (χ0) is 29.8. The fourth-order valence-electron chi connectivity index (χ4n) is 4.15. The molecule has 0 aliphatic rings. The Labute approximate surface area is 244 Å². The van der Waals surface area contributed by atoms with Gasteiger partial charge in [-0.05, 0) is 59.5 Å². The number of amides is 1. The van der Waals surface area contributed by atoms with Crippen molar-refractivity contribution in [1.29, 1.82) is 0 Å². The van der Waals surface area contributed by atoms with Crippen LogP contribution in [-0.4, -0.2) is 32.2 Å². The van der Waals surface area contributed by atoms with E-state index in [9.17, 15) is 18.7 Å². The summed E-state index contributed by atoms with van der Waals surface area (Å²) in [5.74, 6) is -1.75. The highest BCUT2D eigenvalue weighted by Crippen LogP contribution is 2.32. The van der Waals surface area contributed by atoms with Gasteiger partial charge in [0, 0.05) is 21.7 Å². The Morgan fingerprint density at radius 3 is 2.62 bits per heavy atom. The summed E-state index contributed by atoms with van der Waals surface area (Å²) >= 11 is 1.57. The molecule has 3 heterocycles. The molecule has 5 aromatic rings. The number of carbonyl (C=O) groups is 1. The third kappa shape index (κ3) is 6.61. The molecule has 12 heteroatoms. The summed E-state index contributed by atoms with van der Waals surface area (Å²) in [4.78, 5) is 28.0. The van der Waals surface area contributed by atoms with Crippen LogP contribution >= 0.6 is 11.3 Å². The fourth-order valence-corrected chi connectivity index (χ4v) is 5.09. The number of carbonyl (C=O) groups excluding carboxylic acids is 1. The van der Waals surface area contributed by atoms with E-state index >= 15 is 0 Å². The van der Waals surface area contributed by atoms with Gasteiger partial charge in [-0.3, -0.25) is 4.79 Å². The molecule has 0 saturated carbocycles. The van der Waals surface area contributed by atoms with Crippen molar-refractivity contribution in [2.45, 2.75) is 33.2 Å². The van der Waals surface area contributed by atoms with Crippen molar-refractivity contribution >= 4 is 45.5 Å². The van der Waals surface area contributed by atoms with Gasteiger partial charge < -0.3 is 26.8 Å². The van der Waals surface area contributed by atoms with Gasteiger partial charge in [0.25, 0.3) is 5.91 Å². The second-order valence-electron chi connectivity index (χ2n) is 9.99. The Bertz CT molecular complexity index is 1740. The third-order valence-electron chi connectivity index (χ3n) is 6.56. The molecule has 9 nitrogen and oxygen atoms in total. The van der Waals surface area contributed by atoms with Crippen molar-refractivity contribution in [2.75, 3.05) is 16.4 Å². The molecule has 3 aromatic heterocycles. The first-order valence-electron chi connectivity index (χ1n) is 13.2. The molecule has 0 radical (unpaired) electrons. The molecule has 0 bridgehead atoms. The monoisotopic (exact) mass is 589 g/mol. The van der Waals surface area contributed by atoms with E-state index in [-0.39, 0.29) is 18.0 Å². The van der Waals surface area contributed by atoms with Gasteiger partial charge in [-0.1, -0.05) is 26.0 Å². The summed E-state index contributed by atoms with van der Waals surface area (Å²) in [6.07, 6.45) is 2.12. The molecule has 0 aliphatic carbocycles. The van der Waals surface area contributed by atoms with Crippen LogP contribution < -0.4 is 21.7 Å². The van der Waals surface area contributed by atoms with Gasteiger partial charge in [0.05, 0.1) is 29.5 Å². The predicted octanol–water partition coefficient (Wildman–Crippen LogP) is 5.54. The van der Waals surface area contributed by atoms with Crippen LogP contribution in [0.15, 0.2) is 67.1 Å². The minimum atomic E-state index is -0.990. The number of aromatic nitrogens is 3. The smallest absolute Gasteiger partial charge is 0.255 e. The Morgan fingerprint density at radius 1 is 1.00 bits per heavy atom. The van der Waals surface area contributed by atoms with Gasteiger partial charge in [0.1, 0.15) is 24.2 Å². The molecule has 1 amide bonds. The van der Waals surface area contributed by atoms with E-state index in [4.69, 9.17) is 5.73 Å². The minimum Gasteiger partial charge on any atom is -0.383 e. The number of nitrogens with one attached hydrogen (secondary N) is 3. The van der Waals surface area contributed by atoms with Crippen LogP contribution in [0.2, 0.25) is 0 Å². The topological polar surface area (TPSA) is 138 Å². The van der Waals surface area contributed by atoms with Crippen LogP contribution in [0.25, 0.3) is 21.3 Å². The van der Waals surface area contributed by atoms with Crippen molar-refractivity contribution in [3.63, 3.8) is 0 Å². The van der Waals surface area contributed by atoms with Gasteiger partial charge >= 0.3 is 0 Å². The molecule has 1 atom stereocenters. The molecule has 216 valence electrons. The van der Waals surface area contributed by atoms with Gasteiger partial charge in [-0.2, -0.15) is 0 Å². The maximum Gasteiger partial charge on any atom is 0.255 e.